The molecular weight excluding hydrogens is 542 g/mol. The van der Waals surface area contributed by atoms with Crippen LogP contribution in [-0.4, -0.2) is 0 Å². The molecule has 4 nitrogen and oxygen atoms in total. The van der Waals surface area contributed by atoms with E-state index >= 15 is 0 Å². The molecule has 0 N–H and O–H groups in total. The molecule has 10 rings (SSSR count). The monoisotopic (exact) mass is 565 g/mol. The number of para-hydroxylation sites is 5. The molecule has 0 aliphatic heterocycles. The van der Waals surface area contributed by atoms with E-state index < -0.39 is 0 Å². The van der Waals surface area contributed by atoms with Gasteiger partial charge in [0.25, 0.3) is 0 Å². The Morgan fingerprint density at radius 3 is 1.32 bits per heavy atom. The lowest BCUT2D eigenvalue weighted by Gasteiger charge is -2.25. The van der Waals surface area contributed by atoms with Crippen LogP contribution in [0.5, 0.6) is 0 Å². The predicted octanol–water partition coefficient (Wildman–Crippen LogP) is 12.0. The van der Waals surface area contributed by atoms with Gasteiger partial charge >= 0.3 is 0 Å². The summed E-state index contributed by atoms with van der Waals surface area (Å²) in [4.78, 5) is 2.24. The molecule has 206 valence electrons. The maximum atomic E-state index is 6.86. The van der Waals surface area contributed by atoms with Crippen LogP contribution in [-0.2, 0) is 0 Å². The summed E-state index contributed by atoms with van der Waals surface area (Å²) in [5, 5.41) is 8.67. The highest BCUT2D eigenvalue weighted by molar-refractivity contribution is 6.19. The summed E-state index contributed by atoms with van der Waals surface area (Å²) in [6, 6.07) is 48.1. The molecule has 0 radical (unpaired) electrons. The van der Waals surface area contributed by atoms with Crippen molar-refractivity contribution in [1.82, 2.24) is 0 Å². The van der Waals surface area contributed by atoms with Gasteiger partial charge in [-0.1, -0.05) is 103 Å². The molecular formula is C40H23NO3. The Hall–Kier alpha value is -6.00. The number of hydrogen-bond donors (Lipinski definition) is 0. The van der Waals surface area contributed by atoms with Crippen LogP contribution in [0.2, 0.25) is 0 Å². The SMILES string of the molecule is c1ccc2c(c1)ccc1c3cccc(N(c4cccc5c4oc4ccccc45)c4cccc5c4oc4ccccc45)c3oc21. The predicted molar refractivity (Wildman–Crippen MR) is 180 cm³/mol. The van der Waals surface area contributed by atoms with Crippen molar-refractivity contribution >= 4 is 93.7 Å². The summed E-state index contributed by atoms with van der Waals surface area (Å²) in [6.45, 7) is 0. The smallest absolute Gasteiger partial charge is 0.159 e. The van der Waals surface area contributed by atoms with E-state index in [1.54, 1.807) is 0 Å². The van der Waals surface area contributed by atoms with Crippen LogP contribution >= 0.6 is 0 Å². The minimum Gasteiger partial charge on any atom is -0.454 e. The number of benzene rings is 7. The van der Waals surface area contributed by atoms with Crippen molar-refractivity contribution in [2.75, 3.05) is 4.90 Å². The third kappa shape index (κ3) is 3.17. The zero-order chi connectivity index (χ0) is 28.8. The number of nitrogens with zero attached hydrogens (tertiary/aromatic N) is 1. The number of rotatable bonds is 3. The van der Waals surface area contributed by atoms with Gasteiger partial charge in [-0.15, -0.1) is 0 Å². The zero-order valence-corrected chi connectivity index (χ0v) is 23.5. The fourth-order valence-electron chi connectivity index (χ4n) is 6.89. The van der Waals surface area contributed by atoms with E-state index in [4.69, 9.17) is 13.3 Å². The van der Waals surface area contributed by atoms with E-state index in [2.05, 4.69) is 120 Å². The van der Waals surface area contributed by atoms with Crippen LogP contribution in [0.25, 0.3) is 76.6 Å². The zero-order valence-electron chi connectivity index (χ0n) is 23.5. The largest absolute Gasteiger partial charge is 0.454 e. The molecule has 0 saturated carbocycles. The van der Waals surface area contributed by atoms with Gasteiger partial charge < -0.3 is 13.3 Å². The van der Waals surface area contributed by atoms with Crippen LogP contribution in [0.1, 0.15) is 0 Å². The van der Waals surface area contributed by atoms with Gasteiger partial charge in [0.1, 0.15) is 16.7 Å². The molecule has 4 heteroatoms. The van der Waals surface area contributed by atoms with Gasteiger partial charge in [0, 0.05) is 37.7 Å². The lowest BCUT2D eigenvalue weighted by atomic mass is 10.0. The summed E-state index contributed by atoms with van der Waals surface area (Å²) in [5.74, 6) is 0. The van der Waals surface area contributed by atoms with E-state index in [1.807, 2.05) is 24.3 Å². The standard InChI is InChI=1S/C40H23NO3/c1-2-11-25-24(10-1)22-23-31-30-16-9-19-34(40(30)44-37(25)31)41(32-17-7-14-28-26-12-3-5-20-35(26)42-38(28)32)33-18-8-15-29-27-13-4-6-21-36(27)43-39(29)33/h1-23H. The molecule has 10 aromatic rings. The molecule has 0 aliphatic rings. The molecule has 0 atom stereocenters. The van der Waals surface area contributed by atoms with Gasteiger partial charge in [-0.25, -0.2) is 0 Å². The fourth-order valence-corrected chi connectivity index (χ4v) is 6.89. The Morgan fingerprint density at radius 1 is 0.295 bits per heavy atom. The number of anilines is 3. The van der Waals surface area contributed by atoms with Crippen molar-refractivity contribution in [3.05, 3.63) is 140 Å². The third-order valence-electron chi connectivity index (χ3n) is 8.86. The third-order valence-corrected chi connectivity index (χ3v) is 8.86. The molecule has 0 fully saturated rings. The quantitative estimate of drug-likeness (QED) is 0.214. The Kier molecular flexibility index (Phi) is 4.69. The molecule has 0 unspecified atom stereocenters. The van der Waals surface area contributed by atoms with Crippen LogP contribution in [0.3, 0.4) is 0 Å². The van der Waals surface area contributed by atoms with E-state index in [9.17, 15) is 0 Å². The minimum absolute atomic E-state index is 0.806. The second-order valence-corrected chi connectivity index (χ2v) is 11.3. The van der Waals surface area contributed by atoms with E-state index in [0.29, 0.717) is 0 Å². The second kappa shape index (κ2) is 8.76. The molecule has 0 amide bonds. The van der Waals surface area contributed by atoms with Crippen molar-refractivity contribution in [1.29, 1.82) is 0 Å². The van der Waals surface area contributed by atoms with Gasteiger partial charge in [-0.05, 0) is 41.8 Å². The van der Waals surface area contributed by atoms with Gasteiger partial charge in [0.2, 0.25) is 0 Å². The average Bonchev–Trinajstić information content (AvgIpc) is 3.77. The highest BCUT2D eigenvalue weighted by Gasteiger charge is 2.26. The average molecular weight is 566 g/mol. The van der Waals surface area contributed by atoms with E-state index in [-0.39, 0.29) is 0 Å². The van der Waals surface area contributed by atoms with Crippen molar-refractivity contribution in [2.24, 2.45) is 0 Å². The highest BCUT2D eigenvalue weighted by Crippen LogP contribution is 2.49. The maximum absolute atomic E-state index is 6.86. The summed E-state index contributed by atoms with van der Waals surface area (Å²) >= 11 is 0. The first kappa shape index (κ1) is 23.6. The van der Waals surface area contributed by atoms with E-state index in [1.165, 1.54) is 0 Å². The lowest BCUT2D eigenvalue weighted by molar-refractivity contribution is 0.664. The maximum Gasteiger partial charge on any atom is 0.159 e. The van der Waals surface area contributed by atoms with Gasteiger partial charge in [-0.2, -0.15) is 0 Å². The Bertz CT molecular complexity index is 2630. The molecule has 7 aromatic carbocycles. The molecule has 3 heterocycles. The number of furan rings is 3. The number of fused-ring (bicyclic) bond motifs is 11. The van der Waals surface area contributed by atoms with Crippen molar-refractivity contribution in [3.63, 3.8) is 0 Å². The molecule has 0 saturated heterocycles. The number of hydrogen-bond acceptors (Lipinski definition) is 4. The second-order valence-electron chi connectivity index (χ2n) is 11.3. The van der Waals surface area contributed by atoms with Gasteiger partial charge in [-0.3, -0.25) is 4.90 Å². The van der Waals surface area contributed by atoms with Crippen LogP contribution in [0, 0.1) is 0 Å². The molecule has 0 aliphatic carbocycles. The topological polar surface area (TPSA) is 42.7 Å². The van der Waals surface area contributed by atoms with Crippen LogP contribution < -0.4 is 4.90 Å². The lowest BCUT2D eigenvalue weighted by Crippen LogP contribution is -2.10. The van der Waals surface area contributed by atoms with E-state index in [0.717, 1.165) is 93.7 Å². The molecule has 3 aromatic heterocycles. The molecule has 0 spiro atoms. The Balaban J connectivity index is 1.35. The highest BCUT2D eigenvalue weighted by atomic mass is 16.3. The summed E-state index contributed by atoms with van der Waals surface area (Å²) < 4.78 is 20.1. The van der Waals surface area contributed by atoms with Crippen molar-refractivity contribution < 1.29 is 13.3 Å². The first-order valence-corrected chi connectivity index (χ1v) is 14.8. The Morgan fingerprint density at radius 2 is 0.727 bits per heavy atom. The first-order valence-electron chi connectivity index (χ1n) is 14.8. The van der Waals surface area contributed by atoms with Crippen molar-refractivity contribution in [2.45, 2.75) is 0 Å². The van der Waals surface area contributed by atoms with Crippen molar-refractivity contribution in [3.8, 4) is 0 Å². The molecule has 0 bridgehead atoms. The van der Waals surface area contributed by atoms with Gasteiger partial charge in [0.15, 0.2) is 16.7 Å². The summed E-state index contributed by atoms with van der Waals surface area (Å²) in [7, 11) is 0. The summed E-state index contributed by atoms with van der Waals surface area (Å²) in [5.41, 5.74) is 7.73. The fraction of sp³-hybridized carbons (Fsp3) is 0. The van der Waals surface area contributed by atoms with Crippen LogP contribution in [0.15, 0.2) is 153 Å². The normalized spacial score (nSPS) is 12.1. The summed E-state index contributed by atoms with van der Waals surface area (Å²) in [6.07, 6.45) is 0. The first-order chi connectivity index (χ1) is 21.8. The molecule has 44 heavy (non-hydrogen) atoms. The Labute approximate surface area is 250 Å². The minimum atomic E-state index is 0.806. The van der Waals surface area contributed by atoms with Gasteiger partial charge in [0.05, 0.1) is 17.1 Å². The van der Waals surface area contributed by atoms with Crippen LogP contribution in [0.4, 0.5) is 17.1 Å².